The summed E-state index contributed by atoms with van der Waals surface area (Å²) in [5.74, 6) is -9.34. The van der Waals surface area contributed by atoms with Crippen molar-refractivity contribution in [3.05, 3.63) is 15.6 Å². The molecule has 0 aliphatic carbocycles. The number of carbonyl (C=O) groups excluding carboxylic acids is 1. The SMILES string of the molecule is Cc1nc(CNC(=O)C(F)(F)C(F)(F)F)sc1C(=O)O. The zero-order valence-electron chi connectivity index (χ0n) is 9.72. The van der Waals surface area contributed by atoms with Gasteiger partial charge in [0.25, 0.3) is 0 Å². The van der Waals surface area contributed by atoms with Gasteiger partial charge in [-0.05, 0) is 6.92 Å². The van der Waals surface area contributed by atoms with E-state index in [9.17, 15) is 31.5 Å². The maximum Gasteiger partial charge on any atom is 0.463 e. The third-order valence-electron chi connectivity index (χ3n) is 2.08. The summed E-state index contributed by atoms with van der Waals surface area (Å²) in [5.41, 5.74) is 0.0781. The highest BCUT2D eigenvalue weighted by Gasteiger charge is 2.63. The van der Waals surface area contributed by atoms with Crippen LogP contribution in [0.25, 0.3) is 0 Å². The van der Waals surface area contributed by atoms with Crippen molar-refractivity contribution >= 4 is 23.2 Å². The highest BCUT2D eigenvalue weighted by Crippen LogP contribution is 2.35. The molecule has 0 aliphatic rings. The van der Waals surface area contributed by atoms with Crippen molar-refractivity contribution in [2.45, 2.75) is 25.6 Å². The molecule has 0 fully saturated rings. The molecular formula is C9H7F5N2O3S. The maximum atomic E-state index is 12.6. The Labute approximate surface area is 112 Å². The van der Waals surface area contributed by atoms with Gasteiger partial charge in [0.2, 0.25) is 0 Å². The van der Waals surface area contributed by atoms with Gasteiger partial charge < -0.3 is 10.4 Å². The summed E-state index contributed by atoms with van der Waals surface area (Å²) in [5, 5.41) is 9.99. The van der Waals surface area contributed by atoms with Gasteiger partial charge in [0.15, 0.2) is 0 Å². The summed E-state index contributed by atoms with van der Waals surface area (Å²) in [7, 11) is 0. The van der Waals surface area contributed by atoms with E-state index < -0.39 is 30.5 Å². The van der Waals surface area contributed by atoms with Crippen LogP contribution in [0.1, 0.15) is 20.4 Å². The summed E-state index contributed by atoms with van der Waals surface area (Å²) in [6, 6.07) is 0. The van der Waals surface area contributed by atoms with E-state index in [0.717, 1.165) is 0 Å². The van der Waals surface area contributed by atoms with Crippen LogP contribution in [-0.4, -0.2) is 34.1 Å². The first-order valence-electron chi connectivity index (χ1n) is 4.89. The highest BCUT2D eigenvalue weighted by molar-refractivity contribution is 7.13. The van der Waals surface area contributed by atoms with E-state index in [1.54, 1.807) is 0 Å². The van der Waals surface area contributed by atoms with Crippen LogP contribution >= 0.6 is 11.3 Å². The van der Waals surface area contributed by atoms with Crippen molar-refractivity contribution in [2.24, 2.45) is 0 Å². The number of carboxylic acids is 1. The molecule has 112 valence electrons. The van der Waals surface area contributed by atoms with E-state index in [1.807, 2.05) is 0 Å². The zero-order valence-corrected chi connectivity index (χ0v) is 10.5. The van der Waals surface area contributed by atoms with Crippen molar-refractivity contribution in [3.63, 3.8) is 0 Å². The van der Waals surface area contributed by atoms with Gasteiger partial charge in [-0.25, -0.2) is 9.78 Å². The quantitative estimate of drug-likeness (QED) is 0.832. The number of carboxylic acid groups (broad SMARTS) is 1. The van der Waals surface area contributed by atoms with Crippen LogP contribution in [0.3, 0.4) is 0 Å². The Kier molecular flexibility index (Phi) is 4.32. The molecule has 1 amide bonds. The number of thiazole rings is 1. The van der Waals surface area contributed by atoms with Gasteiger partial charge >= 0.3 is 24.0 Å². The number of amides is 1. The molecule has 0 radical (unpaired) electrons. The Morgan fingerprint density at radius 3 is 2.25 bits per heavy atom. The fraction of sp³-hybridized carbons (Fsp3) is 0.444. The van der Waals surface area contributed by atoms with Gasteiger partial charge in [-0.1, -0.05) is 0 Å². The smallest absolute Gasteiger partial charge is 0.463 e. The van der Waals surface area contributed by atoms with Gasteiger partial charge in [-0.15, -0.1) is 11.3 Å². The molecular weight excluding hydrogens is 311 g/mol. The average Bonchev–Trinajstić information content (AvgIpc) is 2.65. The average molecular weight is 318 g/mol. The lowest BCUT2D eigenvalue weighted by Crippen LogP contribution is -2.50. The molecule has 1 aromatic rings. The van der Waals surface area contributed by atoms with Crippen LogP contribution in [0.2, 0.25) is 0 Å². The lowest BCUT2D eigenvalue weighted by atomic mass is 10.3. The van der Waals surface area contributed by atoms with Gasteiger partial charge in [0.1, 0.15) is 9.88 Å². The summed E-state index contributed by atoms with van der Waals surface area (Å²) in [4.78, 5) is 24.9. The summed E-state index contributed by atoms with van der Waals surface area (Å²) in [6.07, 6.45) is -6.00. The Morgan fingerprint density at radius 2 is 1.85 bits per heavy atom. The number of hydrogen-bond acceptors (Lipinski definition) is 4. The lowest BCUT2D eigenvalue weighted by Gasteiger charge is -2.18. The minimum atomic E-state index is -6.00. The molecule has 11 heteroatoms. The molecule has 0 unspecified atom stereocenters. The fourth-order valence-electron chi connectivity index (χ4n) is 1.12. The minimum absolute atomic E-state index is 0.0781. The Morgan fingerprint density at radius 1 is 1.30 bits per heavy atom. The van der Waals surface area contributed by atoms with Crippen molar-refractivity contribution in [1.29, 1.82) is 0 Å². The van der Waals surface area contributed by atoms with E-state index >= 15 is 0 Å². The first-order valence-corrected chi connectivity index (χ1v) is 5.71. The number of nitrogens with zero attached hydrogens (tertiary/aromatic N) is 1. The monoisotopic (exact) mass is 318 g/mol. The standard InChI is InChI=1S/C9H7F5N2O3S/c1-3-5(6(17)18)20-4(16-3)2-15-7(19)8(10,11)9(12,13)14/h2H2,1H3,(H,15,19)(H,17,18). The third kappa shape index (κ3) is 3.21. The molecule has 0 atom stereocenters. The second-order valence-electron chi connectivity index (χ2n) is 3.58. The van der Waals surface area contributed by atoms with E-state index in [0.29, 0.717) is 11.3 Å². The first kappa shape index (κ1) is 16.3. The van der Waals surface area contributed by atoms with E-state index in [4.69, 9.17) is 5.11 Å². The van der Waals surface area contributed by atoms with Gasteiger partial charge in [0.05, 0.1) is 12.2 Å². The Hall–Kier alpha value is -1.78. The number of rotatable bonds is 4. The largest absolute Gasteiger partial charge is 0.477 e. The van der Waals surface area contributed by atoms with Crippen molar-refractivity contribution in [3.8, 4) is 0 Å². The summed E-state index contributed by atoms with van der Waals surface area (Å²) >= 11 is 0.576. The van der Waals surface area contributed by atoms with E-state index in [2.05, 4.69) is 4.98 Å². The number of nitrogens with one attached hydrogen (secondary N) is 1. The number of aromatic carboxylic acids is 1. The lowest BCUT2D eigenvalue weighted by molar-refractivity contribution is -0.269. The molecule has 0 saturated carbocycles. The highest BCUT2D eigenvalue weighted by atomic mass is 32.1. The zero-order chi connectivity index (χ0) is 15.7. The Bertz CT molecular complexity index is 540. The molecule has 5 nitrogen and oxygen atoms in total. The molecule has 0 spiro atoms. The predicted molar refractivity (Wildman–Crippen MR) is 56.7 cm³/mol. The second kappa shape index (κ2) is 5.31. The number of carbonyl (C=O) groups is 2. The summed E-state index contributed by atoms with van der Waals surface area (Å²) in [6.45, 7) is 0.610. The summed E-state index contributed by atoms with van der Waals surface area (Å²) < 4.78 is 60.8. The molecule has 1 heterocycles. The Balaban J connectivity index is 2.76. The molecule has 2 N–H and O–H groups in total. The van der Waals surface area contributed by atoms with Crippen LogP contribution in [0.5, 0.6) is 0 Å². The molecule has 0 saturated heterocycles. The van der Waals surface area contributed by atoms with E-state index in [1.165, 1.54) is 12.2 Å². The normalized spacial score (nSPS) is 12.3. The number of hydrogen-bond donors (Lipinski definition) is 2. The van der Waals surface area contributed by atoms with Gasteiger partial charge in [-0.3, -0.25) is 4.79 Å². The molecule has 1 aromatic heterocycles. The number of halogens is 5. The molecule has 1 rings (SSSR count). The minimum Gasteiger partial charge on any atom is -0.477 e. The molecule has 20 heavy (non-hydrogen) atoms. The third-order valence-corrected chi connectivity index (χ3v) is 3.22. The number of aromatic nitrogens is 1. The van der Waals surface area contributed by atoms with Crippen molar-refractivity contribution in [2.75, 3.05) is 0 Å². The number of alkyl halides is 5. The van der Waals surface area contributed by atoms with Crippen molar-refractivity contribution in [1.82, 2.24) is 10.3 Å². The second-order valence-corrected chi connectivity index (χ2v) is 4.67. The van der Waals surface area contributed by atoms with Crippen LogP contribution in [0, 0.1) is 6.92 Å². The topological polar surface area (TPSA) is 79.3 Å². The molecule has 0 aliphatic heterocycles. The van der Waals surface area contributed by atoms with Gasteiger partial charge in [0, 0.05) is 0 Å². The first-order chi connectivity index (χ1) is 8.96. The van der Waals surface area contributed by atoms with Crippen LogP contribution < -0.4 is 5.32 Å². The molecule has 0 bridgehead atoms. The van der Waals surface area contributed by atoms with Gasteiger partial charge in [-0.2, -0.15) is 22.0 Å². The predicted octanol–water partition coefficient (Wildman–Crippen LogP) is 1.96. The van der Waals surface area contributed by atoms with Crippen molar-refractivity contribution < 1.29 is 36.6 Å². The van der Waals surface area contributed by atoms with Crippen LogP contribution in [-0.2, 0) is 11.3 Å². The molecule has 0 aromatic carbocycles. The van der Waals surface area contributed by atoms with E-state index in [-0.39, 0.29) is 15.6 Å². The number of aryl methyl sites for hydroxylation is 1. The maximum absolute atomic E-state index is 12.6. The fourth-order valence-corrected chi connectivity index (χ4v) is 1.97. The van der Waals surface area contributed by atoms with Crippen LogP contribution in [0.4, 0.5) is 22.0 Å². The van der Waals surface area contributed by atoms with Crippen LogP contribution in [0.15, 0.2) is 0 Å².